The summed E-state index contributed by atoms with van der Waals surface area (Å²) in [5.41, 5.74) is 2.35. The zero-order chi connectivity index (χ0) is 26.9. The summed E-state index contributed by atoms with van der Waals surface area (Å²) in [6.45, 7) is 3.85. The van der Waals surface area contributed by atoms with Crippen molar-refractivity contribution in [1.29, 1.82) is 0 Å². The number of aryl methyl sites for hydroxylation is 1. The van der Waals surface area contributed by atoms with E-state index in [4.69, 9.17) is 14.7 Å². The summed E-state index contributed by atoms with van der Waals surface area (Å²) in [6.07, 6.45) is 6.10. The topological polar surface area (TPSA) is 96.4 Å². The molecule has 1 fully saturated rings. The first-order chi connectivity index (χ1) is 19.0. The van der Waals surface area contributed by atoms with Crippen molar-refractivity contribution in [2.75, 3.05) is 25.1 Å². The lowest BCUT2D eigenvalue weighted by molar-refractivity contribution is -0.123. The van der Waals surface area contributed by atoms with Gasteiger partial charge in [0.05, 0.1) is 16.9 Å². The number of amides is 2. The molecule has 1 aromatic carbocycles. The fourth-order valence-electron chi connectivity index (χ4n) is 5.11. The Morgan fingerprint density at radius 1 is 1.12 bits per heavy atom. The van der Waals surface area contributed by atoms with E-state index in [1.54, 1.807) is 34.6 Å². The van der Waals surface area contributed by atoms with Gasteiger partial charge in [0.15, 0.2) is 5.82 Å². The van der Waals surface area contributed by atoms with E-state index in [2.05, 4.69) is 29.7 Å². The number of carbonyl (C=O) groups is 2. The molecule has 1 unspecified atom stereocenters. The van der Waals surface area contributed by atoms with Crippen molar-refractivity contribution in [1.82, 2.24) is 20.6 Å². The summed E-state index contributed by atoms with van der Waals surface area (Å²) < 4.78 is 6.04. The molecule has 6 rings (SSSR count). The minimum absolute atomic E-state index is 0. The fraction of sp³-hybridized carbons (Fsp3) is 0.310. The van der Waals surface area contributed by atoms with Crippen LogP contribution in [-0.2, 0) is 9.59 Å². The van der Waals surface area contributed by atoms with Crippen LogP contribution in [0.3, 0.4) is 0 Å². The van der Waals surface area contributed by atoms with Crippen LogP contribution in [-0.4, -0.2) is 48.0 Å². The SMILES string of the molecule is Cc1c(-c2ccc(OCCC3CCCCN3)cc2)sc2nc(-c3cccs3)nc(N(C)C3=CC(=O)NC3=O)c12.Cl. The van der Waals surface area contributed by atoms with Crippen molar-refractivity contribution in [2.24, 2.45) is 0 Å². The van der Waals surface area contributed by atoms with Gasteiger partial charge in [-0.3, -0.25) is 14.9 Å². The van der Waals surface area contributed by atoms with Crippen LogP contribution in [0.2, 0.25) is 0 Å². The molecule has 0 radical (unpaired) electrons. The predicted molar refractivity (Wildman–Crippen MR) is 164 cm³/mol. The number of thiophene rings is 2. The molecule has 40 heavy (non-hydrogen) atoms. The summed E-state index contributed by atoms with van der Waals surface area (Å²) in [7, 11) is 1.76. The Kier molecular flexibility index (Phi) is 8.51. The molecule has 5 heterocycles. The highest BCUT2D eigenvalue weighted by atomic mass is 35.5. The highest BCUT2D eigenvalue weighted by Gasteiger charge is 2.29. The minimum Gasteiger partial charge on any atom is -0.494 e. The van der Waals surface area contributed by atoms with Crippen LogP contribution in [0.25, 0.3) is 31.4 Å². The van der Waals surface area contributed by atoms with Gasteiger partial charge in [0.25, 0.3) is 11.8 Å². The number of piperidine rings is 1. The predicted octanol–water partition coefficient (Wildman–Crippen LogP) is 5.70. The van der Waals surface area contributed by atoms with Crippen molar-refractivity contribution in [2.45, 2.75) is 38.6 Å². The second kappa shape index (κ2) is 12.1. The summed E-state index contributed by atoms with van der Waals surface area (Å²) in [6, 6.07) is 12.7. The Morgan fingerprint density at radius 2 is 1.95 bits per heavy atom. The Morgan fingerprint density at radius 3 is 2.62 bits per heavy atom. The smallest absolute Gasteiger partial charge is 0.274 e. The molecule has 2 amide bonds. The van der Waals surface area contributed by atoms with Crippen LogP contribution in [0.5, 0.6) is 5.75 Å². The van der Waals surface area contributed by atoms with Crippen LogP contribution < -0.4 is 20.3 Å². The van der Waals surface area contributed by atoms with Gasteiger partial charge in [-0.15, -0.1) is 35.1 Å². The van der Waals surface area contributed by atoms with Gasteiger partial charge in [-0.25, -0.2) is 9.97 Å². The second-order valence-corrected chi connectivity index (χ2v) is 11.7. The monoisotopic (exact) mass is 595 g/mol. The van der Waals surface area contributed by atoms with E-state index in [9.17, 15) is 9.59 Å². The average molecular weight is 596 g/mol. The average Bonchev–Trinajstić information content (AvgIpc) is 3.68. The molecule has 0 aliphatic carbocycles. The molecule has 2 aliphatic rings. The van der Waals surface area contributed by atoms with E-state index < -0.39 is 11.8 Å². The first-order valence-corrected chi connectivity index (χ1v) is 14.8. The highest BCUT2D eigenvalue weighted by molar-refractivity contribution is 7.22. The quantitative estimate of drug-likeness (QED) is 0.252. The van der Waals surface area contributed by atoms with Crippen molar-refractivity contribution < 1.29 is 14.3 Å². The third kappa shape index (κ3) is 5.62. The van der Waals surface area contributed by atoms with Crippen molar-refractivity contribution in [3.05, 3.63) is 59.1 Å². The number of fused-ring (bicyclic) bond motifs is 1. The van der Waals surface area contributed by atoms with Crippen molar-refractivity contribution >= 4 is 62.9 Å². The molecule has 3 aromatic heterocycles. The third-order valence-corrected chi connectivity index (χ3v) is 9.29. The van der Waals surface area contributed by atoms with Gasteiger partial charge in [-0.1, -0.05) is 12.5 Å². The molecule has 4 aromatic rings. The molecule has 2 aliphatic heterocycles. The Labute approximate surface area is 246 Å². The zero-order valence-corrected chi connectivity index (χ0v) is 24.7. The first kappa shape index (κ1) is 28.2. The molecule has 11 heteroatoms. The number of carbonyl (C=O) groups excluding carboxylic acids is 2. The maximum absolute atomic E-state index is 12.5. The van der Waals surface area contributed by atoms with E-state index in [-0.39, 0.29) is 18.1 Å². The lowest BCUT2D eigenvalue weighted by Gasteiger charge is -2.23. The van der Waals surface area contributed by atoms with Gasteiger partial charge in [-0.2, -0.15) is 0 Å². The molecule has 208 valence electrons. The van der Waals surface area contributed by atoms with Crippen LogP contribution in [0, 0.1) is 6.92 Å². The number of likely N-dealkylation sites (N-methyl/N-ethyl adjacent to an activating group) is 1. The van der Waals surface area contributed by atoms with E-state index in [1.165, 1.54) is 25.3 Å². The van der Waals surface area contributed by atoms with E-state index in [0.717, 1.165) is 49.8 Å². The van der Waals surface area contributed by atoms with Gasteiger partial charge in [-0.05, 0) is 79.6 Å². The number of nitrogens with one attached hydrogen (secondary N) is 2. The lowest BCUT2D eigenvalue weighted by Crippen LogP contribution is -2.35. The van der Waals surface area contributed by atoms with E-state index >= 15 is 0 Å². The van der Waals surface area contributed by atoms with Crippen LogP contribution in [0.1, 0.15) is 31.2 Å². The van der Waals surface area contributed by atoms with Crippen LogP contribution >= 0.6 is 35.1 Å². The largest absolute Gasteiger partial charge is 0.494 e. The number of halogens is 1. The number of imide groups is 1. The molecule has 0 saturated carbocycles. The van der Waals surface area contributed by atoms with Gasteiger partial charge >= 0.3 is 0 Å². The summed E-state index contributed by atoms with van der Waals surface area (Å²) in [5, 5.41) is 8.74. The summed E-state index contributed by atoms with van der Waals surface area (Å²) >= 11 is 3.15. The zero-order valence-electron chi connectivity index (χ0n) is 22.2. The van der Waals surface area contributed by atoms with Crippen LogP contribution in [0.4, 0.5) is 5.82 Å². The van der Waals surface area contributed by atoms with Gasteiger partial charge in [0.1, 0.15) is 22.1 Å². The number of hydrogen-bond donors (Lipinski definition) is 2. The molecule has 1 saturated heterocycles. The summed E-state index contributed by atoms with van der Waals surface area (Å²) in [5.74, 6) is 1.18. The number of anilines is 1. The molecular formula is C29H30ClN5O3S2. The second-order valence-electron chi connectivity index (χ2n) is 9.80. The number of aromatic nitrogens is 2. The standard InChI is InChI=1S/C29H29N5O3S2.ClH/c1-17-24-27(34(2)21-16-23(35)31-28(21)36)32-26(22-7-5-15-38-22)33-29(24)39-25(17)18-8-10-20(11-9-18)37-14-12-19-6-3-4-13-30-19;/h5,7-11,15-16,19,30H,3-4,6,12-14H2,1-2H3,(H,31,35,36);1H. The van der Waals surface area contributed by atoms with Crippen molar-refractivity contribution in [3.63, 3.8) is 0 Å². The Balaban J connectivity index is 0.00000323. The molecular weight excluding hydrogens is 566 g/mol. The Hall–Kier alpha value is -3.31. The minimum atomic E-state index is -0.435. The normalized spacial score (nSPS) is 16.9. The van der Waals surface area contributed by atoms with Crippen molar-refractivity contribution in [3.8, 4) is 26.9 Å². The number of ether oxygens (including phenoxy) is 1. The van der Waals surface area contributed by atoms with E-state index in [0.29, 0.717) is 24.3 Å². The van der Waals surface area contributed by atoms with Gasteiger partial charge in [0, 0.05) is 24.0 Å². The highest BCUT2D eigenvalue weighted by Crippen LogP contribution is 2.43. The molecule has 0 spiro atoms. The van der Waals surface area contributed by atoms with Crippen LogP contribution in [0.15, 0.2) is 53.6 Å². The van der Waals surface area contributed by atoms with Gasteiger partial charge < -0.3 is 15.0 Å². The maximum atomic E-state index is 12.5. The number of rotatable bonds is 8. The number of benzene rings is 1. The number of hydrogen-bond acceptors (Lipinski definition) is 9. The molecule has 2 N–H and O–H groups in total. The lowest BCUT2D eigenvalue weighted by atomic mass is 10.0. The first-order valence-electron chi connectivity index (χ1n) is 13.1. The maximum Gasteiger partial charge on any atom is 0.274 e. The van der Waals surface area contributed by atoms with E-state index in [1.807, 2.05) is 29.6 Å². The molecule has 1 atom stereocenters. The fourth-order valence-corrected chi connectivity index (χ4v) is 6.95. The molecule has 8 nitrogen and oxygen atoms in total. The third-order valence-electron chi connectivity index (χ3n) is 7.19. The summed E-state index contributed by atoms with van der Waals surface area (Å²) in [4.78, 5) is 38.6. The van der Waals surface area contributed by atoms with Gasteiger partial charge in [0.2, 0.25) is 0 Å². The Bertz CT molecular complexity index is 1560. The number of nitrogens with zero attached hydrogens (tertiary/aromatic N) is 3. The molecule has 0 bridgehead atoms.